The first-order valence-electron chi connectivity index (χ1n) is 7.06. The van der Waals surface area contributed by atoms with Gasteiger partial charge < -0.3 is 10.2 Å². The number of carbonyl (C=O) groups is 1. The van der Waals surface area contributed by atoms with E-state index >= 15 is 0 Å². The molecule has 0 atom stereocenters. The number of halogens is 1. The van der Waals surface area contributed by atoms with Crippen LogP contribution in [0.2, 0.25) is 5.15 Å². The lowest BCUT2D eigenvalue weighted by atomic mass is 10.0. The van der Waals surface area contributed by atoms with Crippen molar-refractivity contribution in [3.8, 4) is 0 Å². The number of likely N-dealkylation sites (tertiary alicyclic amines) is 1. The van der Waals surface area contributed by atoms with E-state index in [1.54, 1.807) is 13.0 Å². The fourth-order valence-electron chi connectivity index (χ4n) is 2.64. The molecule has 21 heavy (non-hydrogen) atoms. The molecule has 3 rings (SSSR count). The SMILES string of the molecule is CC(=O)N1CCC(Nc2cnc3ccc(Cl)nc3c2)CC1. The fourth-order valence-corrected chi connectivity index (χ4v) is 2.79. The third-order valence-corrected chi connectivity index (χ3v) is 4.02. The van der Waals surface area contributed by atoms with Gasteiger partial charge in [-0.25, -0.2) is 4.98 Å². The van der Waals surface area contributed by atoms with Crippen LogP contribution in [-0.2, 0) is 4.79 Å². The maximum atomic E-state index is 11.3. The van der Waals surface area contributed by atoms with Crippen LogP contribution < -0.4 is 5.32 Å². The second-order valence-corrected chi connectivity index (χ2v) is 5.71. The normalized spacial score (nSPS) is 16.2. The van der Waals surface area contributed by atoms with Gasteiger partial charge in [-0.05, 0) is 31.0 Å². The van der Waals surface area contributed by atoms with Crippen LogP contribution in [0.15, 0.2) is 24.4 Å². The van der Waals surface area contributed by atoms with E-state index in [1.165, 1.54) is 0 Å². The molecule has 0 aromatic carbocycles. The third-order valence-electron chi connectivity index (χ3n) is 3.81. The number of nitrogens with zero attached hydrogens (tertiary/aromatic N) is 3. The topological polar surface area (TPSA) is 58.1 Å². The van der Waals surface area contributed by atoms with E-state index in [9.17, 15) is 4.79 Å². The van der Waals surface area contributed by atoms with E-state index < -0.39 is 0 Å². The second-order valence-electron chi connectivity index (χ2n) is 5.32. The molecule has 0 unspecified atom stereocenters. The van der Waals surface area contributed by atoms with Gasteiger partial charge in [0.15, 0.2) is 0 Å². The van der Waals surface area contributed by atoms with Crippen LogP contribution in [0.3, 0.4) is 0 Å². The highest BCUT2D eigenvalue weighted by molar-refractivity contribution is 6.29. The Balaban J connectivity index is 1.69. The van der Waals surface area contributed by atoms with Crippen LogP contribution in [0.4, 0.5) is 5.69 Å². The van der Waals surface area contributed by atoms with Gasteiger partial charge in [-0.2, -0.15) is 0 Å². The minimum atomic E-state index is 0.152. The molecule has 0 bridgehead atoms. The summed E-state index contributed by atoms with van der Waals surface area (Å²) in [5.41, 5.74) is 2.56. The number of piperidine rings is 1. The van der Waals surface area contributed by atoms with Crippen LogP contribution in [0.5, 0.6) is 0 Å². The average molecular weight is 305 g/mol. The summed E-state index contributed by atoms with van der Waals surface area (Å²) in [6.07, 6.45) is 3.70. The lowest BCUT2D eigenvalue weighted by Gasteiger charge is -2.32. The molecule has 2 aromatic heterocycles. The monoisotopic (exact) mass is 304 g/mol. The molecule has 1 aliphatic rings. The first-order valence-corrected chi connectivity index (χ1v) is 7.44. The number of rotatable bonds is 2. The smallest absolute Gasteiger partial charge is 0.219 e. The number of hydrogen-bond acceptors (Lipinski definition) is 4. The Bertz CT molecular complexity index is 668. The van der Waals surface area contributed by atoms with Crippen molar-refractivity contribution in [2.75, 3.05) is 18.4 Å². The van der Waals surface area contributed by atoms with Crippen molar-refractivity contribution in [2.45, 2.75) is 25.8 Å². The van der Waals surface area contributed by atoms with E-state index in [0.29, 0.717) is 11.2 Å². The summed E-state index contributed by atoms with van der Waals surface area (Å²) in [5, 5.41) is 3.94. The molecular weight excluding hydrogens is 288 g/mol. The number of nitrogens with one attached hydrogen (secondary N) is 1. The number of carbonyl (C=O) groups excluding carboxylic acids is 1. The van der Waals surface area contributed by atoms with E-state index in [0.717, 1.165) is 42.7 Å². The maximum Gasteiger partial charge on any atom is 0.219 e. The summed E-state index contributed by atoms with van der Waals surface area (Å²) in [4.78, 5) is 21.9. The zero-order valence-corrected chi connectivity index (χ0v) is 12.6. The Labute approximate surface area is 128 Å². The number of aromatic nitrogens is 2. The number of amides is 1. The highest BCUT2D eigenvalue weighted by Crippen LogP contribution is 2.20. The minimum absolute atomic E-state index is 0.152. The highest BCUT2D eigenvalue weighted by Gasteiger charge is 2.20. The van der Waals surface area contributed by atoms with Crippen LogP contribution in [-0.4, -0.2) is 39.9 Å². The van der Waals surface area contributed by atoms with Gasteiger partial charge in [0.05, 0.1) is 22.9 Å². The van der Waals surface area contributed by atoms with Crippen molar-refractivity contribution in [3.63, 3.8) is 0 Å². The Hall–Kier alpha value is -1.88. The molecule has 1 N–H and O–H groups in total. The van der Waals surface area contributed by atoms with Crippen molar-refractivity contribution in [1.82, 2.24) is 14.9 Å². The molecule has 3 heterocycles. The summed E-state index contributed by atoms with van der Waals surface area (Å²) >= 11 is 5.91. The van der Waals surface area contributed by atoms with Gasteiger partial charge in [-0.15, -0.1) is 0 Å². The molecule has 5 nitrogen and oxygen atoms in total. The van der Waals surface area contributed by atoms with E-state index in [2.05, 4.69) is 15.3 Å². The molecular formula is C15H17ClN4O. The van der Waals surface area contributed by atoms with Gasteiger partial charge in [0, 0.05) is 26.1 Å². The van der Waals surface area contributed by atoms with Crippen molar-refractivity contribution in [1.29, 1.82) is 0 Å². The van der Waals surface area contributed by atoms with Crippen LogP contribution in [0.25, 0.3) is 11.0 Å². The van der Waals surface area contributed by atoms with Gasteiger partial charge >= 0.3 is 0 Å². The van der Waals surface area contributed by atoms with Crippen molar-refractivity contribution >= 4 is 34.2 Å². The molecule has 1 aliphatic heterocycles. The van der Waals surface area contributed by atoms with Gasteiger partial charge in [0.1, 0.15) is 5.15 Å². The summed E-state index contributed by atoms with van der Waals surface area (Å²) < 4.78 is 0. The van der Waals surface area contributed by atoms with E-state index in [4.69, 9.17) is 11.6 Å². The molecule has 110 valence electrons. The molecule has 1 saturated heterocycles. The van der Waals surface area contributed by atoms with Crippen LogP contribution in [0.1, 0.15) is 19.8 Å². The fraction of sp³-hybridized carbons (Fsp3) is 0.400. The Morgan fingerprint density at radius 2 is 2.10 bits per heavy atom. The van der Waals surface area contributed by atoms with Gasteiger partial charge in [-0.1, -0.05) is 11.6 Å². The zero-order chi connectivity index (χ0) is 14.8. The highest BCUT2D eigenvalue weighted by atomic mass is 35.5. The minimum Gasteiger partial charge on any atom is -0.381 e. The van der Waals surface area contributed by atoms with Crippen LogP contribution in [0, 0.1) is 0 Å². The van der Waals surface area contributed by atoms with E-state index in [1.807, 2.05) is 23.2 Å². The molecule has 0 saturated carbocycles. The predicted octanol–water partition coefficient (Wildman–Crippen LogP) is 2.71. The summed E-state index contributed by atoms with van der Waals surface area (Å²) in [7, 11) is 0. The standard InChI is InChI=1S/C15H17ClN4O/c1-10(21)20-6-4-11(5-7-20)18-12-8-14-13(17-9-12)2-3-15(16)19-14/h2-3,8-9,11,18H,4-7H2,1H3. The Morgan fingerprint density at radius 1 is 1.33 bits per heavy atom. The largest absolute Gasteiger partial charge is 0.381 e. The second kappa shape index (κ2) is 5.85. The number of anilines is 1. The zero-order valence-electron chi connectivity index (χ0n) is 11.8. The predicted molar refractivity (Wildman–Crippen MR) is 83.4 cm³/mol. The van der Waals surface area contributed by atoms with Gasteiger partial charge in [0.25, 0.3) is 0 Å². The molecule has 1 amide bonds. The average Bonchev–Trinajstić information content (AvgIpc) is 2.47. The van der Waals surface area contributed by atoms with Crippen LogP contribution >= 0.6 is 11.6 Å². The lowest BCUT2D eigenvalue weighted by molar-refractivity contribution is -0.129. The molecule has 0 aliphatic carbocycles. The van der Waals surface area contributed by atoms with E-state index in [-0.39, 0.29) is 5.91 Å². The van der Waals surface area contributed by atoms with Gasteiger partial charge in [-0.3, -0.25) is 9.78 Å². The maximum absolute atomic E-state index is 11.3. The first-order chi connectivity index (χ1) is 10.1. The van der Waals surface area contributed by atoms with Crippen molar-refractivity contribution in [2.24, 2.45) is 0 Å². The molecule has 1 fully saturated rings. The molecule has 0 spiro atoms. The summed E-state index contributed by atoms with van der Waals surface area (Å²) in [6, 6.07) is 5.92. The lowest BCUT2D eigenvalue weighted by Crippen LogP contribution is -2.41. The Morgan fingerprint density at radius 3 is 2.81 bits per heavy atom. The number of fused-ring (bicyclic) bond motifs is 1. The summed E-state index contributed by atoms with van der Waals surface area (Å²) in [5.74, 6) is 0.152. The van der Waals surface area contributed by atoms with Crippen molar-refractivity contribution < 1.29 is 4.79 Å². The molecule has 2 aromatic rings. The quantitative estimate of drug-likeness (QED) is 0.867. The van der Waals surface area contributed by atoms with Crippen molar-refractivity contribution in [3.05, 3.63) is 29.5 Å². The Kier molecular flexibility index (Phi) is 3.92. The molecule has 0 radical (unpaired) electrons. The first kappa shape index (κ1) is 14.1. The summed E-state index contributed by atoms with van der Waals surface area (Å²) in [6.45, 7) is 3.23. The molecule has 6 heteroatoms. The number of pyridine rings is 2. The third kappa shape index (κ3) is 3.24. The number of hydrogen-bond donors (Lipinski definition) is 1. The van der Waals surface area contributed by atoms with Gasteiger partial charge in [0.2, 0.25) is 5.91 Å².